The summed E-state index contributed by atoms with van der Waals surface area (Å²) in [7, 11) is 0. The average Bonchev–Trinajstić information content (AvgIpc) is 2.45. The predicted molar refractivity (Wildman–Crippen MR) is 88.3 cm³/mol. The van der Waals surface area contributed by atoms with Crippen LogP contribution in [0.4, 0.5) is 0 Å². The zero-order chi connectivity index (χ0) is 16.8. The number of hydrogen-bond acceptors (Lipinski definition) is 2. The molecule has 0 radical (unpaired) electrons. The Morgan fingerprint density at radius 1 is 1.32 bits per heavy atom. The van der Waals surface area contributed by atoms with Crippen LogP contribution in [0, 0.1) is 12.3 Å². The molecule has 118 valence electrons. The van der Waals surface area contributed by atoms with E-state index < -0.39 is 11.6 Å². The summed E-state index contributed by atoms with van der Waals surface area (Å²) < 4.78 is 0. The van der Waals surface area contributed by atoms with Gasteiger partial charge >= 0.3 is 0 Å². The Kier molecular flexibility index (Phi) is 6.45. The minimum atomic E-state index is -0.803. The van der Waals surface area contributed by atoms with Crippen molar-refractivity contribution in [3.8, 4) is 12.3 Å². The van der Waals surface area contributed by atoms with Crippen molar-refractivity contribution < 1.29 is 9.59 Å². The Morgan fingerprint density at radius 3 is 2.36 bits per heavy atom. The largest absolute Gasteiger partial charge is 0.349 e. The number of rotatable bonds is 5. The first-order valence-corrected chi connectivity index (χ1v) is 7.49. The summed E-state index contributed by atoms with van der Waals surface area (Å²) in [6, 6.07) is 8.24. The van der Waals surface area contributed by atoms with Crippen molar-refractivity contribution in [1.29, 1.82) is 0 Å². The van der Waals surface area contributed by atoms with Crippen LogP contribution in [-0.2, 0) is 9.59 Å². The molecular formula is C17H21ClN2O2. The molecule has 0 spiro atoms. The van der Waals surface area contributed by atoms with E-state index >= 15 is 0 Å². The number of carbonyl (C=O) groups is 2. The van der Waals surface area contributed by atoms with E-state index in [1.165, 1.54) is 4.90 Å². The molecule has 0 aliphatic heterocycles. The lowest BCUT2D eigenvalue weighted by molar-refractivity contribution is -0.139. The molecule has 1 unspecified atom stereocenters. The van der Waals surface area contributed by atoms with Crippen molar-refractivity contribution in [3.05, 3.63) is 35.9 Å². The van der Waals surface area contributed by atoms with Gasteiger partial charge < -0.3 is 10.2 Å². The fourth-order valence-corrected chi connectivity index (χ4v) is 2.20. The van der Waals surface area contributed by atoms with Crippen molar-refractivity contribution >= 4 is 23.4 Å². The van der Waals surface area contributed by atoms with E-state index in [0.29, 0.717) is 5.56 Å². The Morgan fingerprint density at radius 2 is 1.91 bits per heavy atom. The molecule has 2 amide bonds. The smallest absolute Gasteiger partial charge is 0.247 e. The summed E-state index contributed by atoms with van der Waals surface area (Å²) >= 11 is 5.66. The van der Waals surface area contributed by atoms with Crippen LogP contribution in [0.1, 0.15) is 32.4 Å². The molecule has 1 rings (SSSR count). The number of halogens is 1. The van der Waals surface area contributed by atoms with Crippen molar-refractivity contribution in [2.45, 2.75) is 32.4 Å². The van der Waals surface area contributed by atoms with Crippen molar-refractivity contribution in [2.75, 3.05) is 12.4 Å². The Hall–Kier alpha value is -1.99. The van der Waals surface area contributed by atoms with Gasteiger partial charge in [0, 0.05) is 5.54 Å². The number of alkyl halides is 1. The van der Waals surface area contributed by atoms with E-state index in [4.69, 9.17) is 18.0 Å². The molecule has 0 aromatic heterocycles. The molecule has 0 heterocycles. The second-order valence-corrected chi connectivity index (χ2v) is 6.18. The fraction of sp³-hybridized carbons (Fsp3) is 0.412. The molecule has 0 aliphatic carbocycles. The highest BCUT2D eigenvalue weighted by Gasteiger charge is 2.32. The van der Waals surface area contributed by atoms with Crippen LogP contribution in [0.15, 0.2) is 30.3 Å². The number of hydrogen-bond donors (Lipinski definition) is 1. The normalized spacial score (nSPS) is 12.1. The third-order valence-corrected chi connectivity index (χ3v) is 3.10. The number of nitrogens with one attached hydrogen (secondary N) is 1. The number of terminal acetylenes is 1. The number of nitrogens with zero attached hydrogens (tertiary/aromatic N) is 1. The molecular weight excluding hydrogens is 300 g/mol. The van der Waals surface area contributed by atoms with Crippen molar-refractivity contribution in [2.24, 2.45) is 0 Å². The van der Waals surface area contributed by atoms with Crippen LogP contribution >= 0.6 is 11.6 Å². The van der Waals surface area contributed by atoms with Gasteiger partial charge in [0.2, 0.25) is 11.8 Å². The van der Waals surface area contributed by atoms with E-state index in [2.05, 4.69) is 11.2 Å². The predicted octanol–water partition coefficient (Wildman–Crippen LogP) is 2.34. The van der Waals surface area contributed by atoms with Gasteiger partial charge in [-0.25, -0.2) is 0 Å². The molecule has 0 aliphatic rings. The minimum Gasteiger partial charge on any atom is -0.349 e. The van der Waals surface area contributed by atoms with E-state index in [1.807, 2.05) is 39.0 Å². The first-order chi connectivity index (χ1) is 10.3. The molecule has 1 aromatic rings. The first kappa shape index (κ1) is 18.1. The second kappa shape index (κ2) is 7.86. The van der Waals surface area contributed by atoms with E-state index in [0.717, 1.165) is 0 Å². The van der Waals surface area contributed by atoms with Crippen molar-refractivity contribution in [1.82, 2.24) is 10.2 Å². The number of carbonyl (C=O) groups excluding carboxylic acids is 2. The standard InChI is InChI=1S/C17H21ClN2O2/c1-5-11-20(14(21)12-18)15(13-9-7-6-8-10-13)16(22)19-17(2,3)4/h1,6-10,15H,11-12H2,2-4H3,(H,19,22). The lowest BCUT2D eigenvalue weighted by Gasteiger charge is -2.32. The topological polar surface area (TPSA) is 49.4 Å². The summed E-state index contributed by atoms with van der Waals surface area (Å²) in [6.45, 7) is 5.65. The first-order valence-electron chi connectivity index (χ1n) is 6.96. The van der Waals surface area contributed by atoms with Crippen LogP contribution in [0.3, 0.4) is 0 Å². The quantitative estimate of drug-likeness (QED) is 0.669. The highest BCUT2D eigenvalue weighted by molar-refractivity contribution is 6.27. The summed E-state index contributed by atoms with van der Waals surface area (Å²) in [6.07, 6.45) is 5.35. The second-order valence-electron chi connectivity index (χ2n) is 5.91. The Balaban J connectivity index is 3.23. The maximum absolute atomic E-state index is 12.7. The molecule has 0 saturated heterocycles. The van der Waals surface area contributed by atoms with Crippen LogP contribution in [-0.4, -0.2) is 34.7 Å². The molecule has 1 aromatic carbocycles. The van der Waals surface area contributed by atoms with E-state index in [1.54, 1.807) is 12.1 Å². The van der Waals surface area contributed by atoms with Crippen LogP contribution in [0.2, 0.25) is 0 Å². The van der Waals surface area contributed by atoms with Gasteiger partial charge in [0.05, 0.1) is 6.54 Å². The third kappa shape index (κ3) is 5.09. The third-order valence-electron chi connectivity index (χ3n) is 2.87. The van der Waals surface area contributed by atoms with Gasteiger partial charge in [-0.15, -0.1) is 18.0 Å². The molecule has 1 N–H and O–H groups in total. The monoisotopic (exact) mass is 320 g/mol. The van der Waals surface area contributed by atoms with Gasteiger partial charge in [0.15, 0.2) is 0 Å². The van der Waals surface area contributed by atoms with Gasteiger partial charge in [0.25, 0.3) is 0 Å². The maximum atomic E-state index is 12.7. The maximum Gasteiger partial charge on any atom is 0.247 e. The lowest BCUT2D eigenvalue weighted by Crippen LogP contribution is -2.49. The van der Waals surface area contributed by atoms with E-state index in [9.17, 15) is 9.59 Å². The molecule has 4 nitrogen and oxygen atoms in total. The molecule has 22 heavy (non-hydrogen) atoms. The lowest BCUT2D eigenvalue weighted by atomic mass is 10.0. The van der Waals surface area contributed by atoms with Crippen LogP contribution in [0.25, 0.3) is 0 Å². The van der Waals surface area contributed by atoms with Crippen LogP contribution < -0.4 is 5.32 Å². The summed E-state index contributed by atoms with van der Waals surface area (Å²) in [5, 5.41) is 2.89. The number of benzene rings is 1. The van der Waals surface area contributed by atoms with E-state index in [-0.39, 0.29) is 24.2 Å². The summed E-state index contributed by atoms with van der Waals surface area (Å²) in [5.74, 6) is 1.53. The van der Waals surface area contributed by atoms with Gasteiger partial charge in [-0.05, 0) is 26.3 Å². The molecule has 0 saturated carbocycles. The highest BCUT2D eigenvalue weighted by atomic mass is 35.5. The highest BCUT2D eigenvalue weighted by Crippen LogP contribution is 2.22. The summed E-state index contributed by atoms with van der Waals surface area (Å²) in [5.41, 5.74) is 0.272. The fourth-order valence-electron chi connectivity index (χ4n) is 2.04. The van der Waals surface area contributed by atoms with Gasteiger partial charge in [-0.1, -0.05) is 36.3 Å². The summed E-state index contributed by atoms with van der Waals surface area (Å²) in [4.78, 5) is 26.1. The molecule has 0 fully saturated rings. The SMILES string of the molecule is C#CCN(C(=O)CCl)C(C(=O)NC(C)(C)C)c1ccccc1. The zero-order valence-electron chi connectivity index (χ0n) is 13.1. The Labute approximate surface area is 136 Å². The van der Waals surface area contributed by atoms with Crippen molar-refractivity contribution in [3.63, 3.8) is 0 Å². The average molecular weight is 321 g/mol. The van der Waals surface area contributed by atoms with Crippen LogP contribution in [0.5, 0.6) is 0 Å². The zero-order valence-corrected chi connectivity index (χ0v) is 13.9. The number of amides is 2. The minimum absolute atomic E-state index is 0.0165. The van der Waals surface area contributed by atoms with Gasteiger partial charge in [-0.2, -0.15) is 0 Å². The van der Waals surface area contributed by atoms with Gasteiger partial charge in [-0.3, -0.25) is 9.59 Å². The molecule has 0 bridgehead atoms. The van der Waals surface area contributed by atoms with Gasteiger partial charge in [0.1, 0.15) is 11.9 Å². The Bertz CT molecular complexity index is 558. The molecule has 5 heteroatoms. The molecule has 1 atom stereocenters.